The number of hydrogen-bond acceptors (Lipinski definition) is 2. The molecule has 0 aliphatic carbocycles. The largest absolute Gasteiger partial charge is 0.348 e. The van der Waals surface area contributed by atoms with E-state index < -0.39 is 0 Å². The van der Waals surface area contributed by atoms with E-state index in [9.17, 15) is 9.59 Å². The van der Waals surface area contributed by atoms with Crippen LogP contribution in [0.3, 0.4) is 0 Å². The van der Waals surface area contributed by atoms with E-state index in [1.807, 2.05) is 67.6 Å². The molecule has 0 spiro atoms. The van der Waals surface area contributed by atoms with Gasteiger partial charge in [0.15, 0.2) is 0 Å². The van der Waals surface area contributed by atoms with Gasteiger partial charge in [-0.15, -0.1) is 0 Å². The minimum absolute atomic E-state index is 0.121. The van der Waals surface area contributed by atoms with Crippen molar-refractivity contribution in [1.29, 1.82) is 0 Å². The van der Waals surface area contributed by atoms with Crippen molar-refractivity contribution < 1.29 is 9.59 Å². The van der Waals surface area contributed by atoms with Gasteiger partial charge in [-0.3, -0.25) is 4.79 Å². The van der Waals surface area contributed by atoms with Gasteiger partial charge in [-0.1, -0.05) is 65.7 Å². The normalized spacial score (nSPS) is 12.8. The van der Waals surface area contributed by atoms with Crippen LogP contribution in [0, 0.1) is 6.92 Å². The Morgan fingerprint density at radius 1 is 0.938 bits per heavy atom. The molecule has 0 aromatic heterocycles. The standard InChI is InChI=1S/C26H26ClN3O2/c1-18-8-10-19(11-9-18)15-28-25(31)21-5-2-4-20(14-21)16-29-26(32)30-13-12-23-22(17-30)6-3-7-24(23)27/h2-11,14H,12-13,15-17H2,1H3,(H,28,31)(H,29,32). The zero-order chi connectivity index (χ0) is 22.5. The summed E-state index contributed by atoms with van der Waals surface area (Å²) in [5, 5.41) is 6.68. The highest BCUT2D eigenvalue weighted by atomic mass is 35.5. The number of nitrogens with one attached hydrogen (secondary N) is 2. The first kappa shape index (κ1) is 21.9. The molecule has 164 valence electrons. The van der Waals surface area contributed by atoms with Crippen LogP contribution in [-0.4, -0.2) is 23.4 Å². The highest BCUT2D eigenvalue weighted by Gasteiger charge is 2.21. The molecule has 0 bridgehead atoms. The summed E-state index contributed by atoms with van der Waals surface area (Å²) in [4.78, 5) is 27.0. The number of rotatable bonds is 5. The number of urea groups is 1. The number of hydrogen-bond donors (Lipinski definition) is 2. The molecule has 32 heavy (non-hydrogen) atoms. The number of halogens is 1. The molecule has 0 unspecified atom stereocenters. The summed E-state index contributed by atoms with van der Waals surface area (Å²) in [5.41, 5.74) is 5.91. The molecule has 3 aromatic rings. The van der Waals surface area contributed by atoms with Gasteiger partial charge in [-0.25, -0.2) is 4.79 Å². The molecular formula is C26H26ClN3O2. The molecule has 4 rings (SSSR count). The molecule has 6 heteroatoms. The van der Waals surface area contributed by atoms with Crippen LogP contribution in [0.1, 0.15) is 38.2 Å². The summed E-state index contributed by atoms with van der Waals surface area (Å²) in [6, 6.07) is 21.1. The third-order valence-electron chi connectivity index (χ3n) is 5.70. The van der Waals surface area contributed by atoms with E-state index in [0.29, 0.717) is 31.7 Å². The lowest BCUT2D eigenvalue weighted by atomic mass is 10.00. The van der Waals surface area contributed by atoms with Gasteiger partial charge < -0.3 is 15.5 Å². The zero-order valence-electron chi connectivity index (χ0n) is 18.0. The average molecular weight is 448 g/mol. The maximum Gasteiger partial charge on any atom is 0.317 e. The Morgan fingerprint density at radius 3 is 2.50 bits per heavy atom. The SMILES string of the molecule is Cc1ccc(CNC(=O)c2cccc(CNC(=O)N3CCc4c(Cl)cccc4C3)c2)cc1. The summed E-state index contributed by atoms with van der Waals surface area (Å²) in [6.07, 6.45) is 0.749. The monoisotopic (exact) mass is 447 g/mol. The Balaban J connectivity index is 1.31. The van der Waals surface area contributed by atoms with Crippen LogP contribution in [0.5, 0.6) is 0 Å². The van der Waals surface area contributed by atoms with E-state index in [-0.39, 0.29) is 11.9 Å². The summed E-state index contributed by atoms with van der Waals surface area (Å²) in [6.45, 7) is 4.04. The van der Waals surface area contributed by atoms with Crippen molar-refractivity contribution >= 4 is 23.5 Å². The predicted octanol–water partition coefficient (Wildman–Crippen LogP) is 4.85. The number of amides is 3. The molecule has 0 saturated carbocycles. The van der Waals surface area contributed by atoms with E-state index in [1.54, 1.807) is 11.0 Å². The van der Waals surface area contributed by atoms with Gasteiger partial charge in [-0.2, -0.15) is 0 Å². The summed E-state index contributed by atoms with van der Waals surface area (Å²) >= 11 is 6.26. The molecule has 0 atom stereocenters. The Kier molecular flexibility index (Phi) is 6.76. The second-order valence-corrected chi connectivity index (χ2v) is 8.48. The van der Waals surface area contributed by atoms with Crippen LogP contribution in [0.15, 0.2) is 66.7 Å². The smallest absolute Gasteiger partial charge is 0.317 e. The lowest BCUT2D eigenvalue weighted by Crippen LogP contribution is -2.42. The first-order valence-electron chi connectivity index (χ1n) is 10.7. The molecule has 1 aliphatic rings. The summed E-state index contributed by atoms with van der Waals surface area (Å²) < 4.78 is 0. The van der Waals surface area contributed by atoms with Gasteiger partial charge in [0.1, 0.15) is 0 Å². The van der Waals surface area contributed by atoms with Gasteiger partial charge in [-0.05, 0) is 53.8 Å². The van der Waals surface area contributed by atoms with Crippen molar-refractivity contribution in [1.82, 2.24) is 15.5 Å². The number of fused-ring (bicyclic) bond motifs is 1. The van der Waals surface area contributed by atoms with Gasteiger partial charge in [0.2, 0.25) is 0 Å². The number of benzene rings is 3. The lowest BCUT2D eigenvalue weighted by Gasteiger charge is -2.29. The Morgan fingerprint density at radius 2 is 1.69 bits per heavy atom. The summed E-state index contributed by atoms with van der Waals surface area (Å²) in [7, 11) is 0. The Hall–Kier alpha value is -3.31. The number of aryl methyl sites for hydroxylation is 1. The third kappa shape index (κ3) is 5.29. The third-order valence-corrected chi connectivity index (χ3v) is 6.06. The van der Waals surface area contributed by atoms with Crippen molar-refractivity contribution in [2.75, 3.05) is 6.54 Å². The van der Waals surface area contributed by atoms with Crippen LogP contribution in [-0.2, 0) is 26.1 Å². The van der Waals surface area contributed by atoms with Gasteiger partial charge in [0, 0.05) is 36.8 Å². The molecule has 1 heterocycles. The molecule has 3 aromatic carbocycles. The maximum atomic E-state index is 12.7. The molecule has 2 N–H and O–H groups in total. The molecule has 0 saturated heterocycles. The van der Waals surface area contributed by atoms with Gasteiger partial charge >= 0.3 is 6.03 Å². The highest BCUT2D eigenvalue weighted by Crippen LogP contribution is 2.25. The predicted molar refractivity (Wildman–Crippen MR) is 127 cm³/mol. The van der Waals surface area contributed by atoms with Gasteiger partial charge in [0.05, 0.1) is 0 Å². The average Bonchev–Trinajstić information content (AvgIpc) is 2.82. The number of nitrogens with zero attached hydrogens (tertiary/aromatic N) is 1. The van der Waals surface area contributed by atoms with Crippen molar-refractivity contribution in [3.63, 3.8) is 0 Å². The second kappa shape index (κ2) is 9.88. The zero-order valence-corrected chi connectivity index (χ0v) is 18.8. The molecular weight excluding hydrogens is 422 g/mol. The fourth-order valence-corrected chi connectivity index (χ4v) is 4.13. The minimum atomic E-state index is -0.136. The second-order valence-electron chi connectivity index (χ2n) is 8.08. The Labute approximate surface area is 193 Å². The van der Waals surface area contributed by atoms with E-state index in [0.717, 1.165) is 33.7 Å². The van der Waals surface area contributed by atoms with Crippen LogP contribution < -0.4 is 10.6 Å². The van der Waals surface area contributed by atoms with Crippen molar-refractivity contribution in [2.45, 2.75) is 33.0 Å². The topological polar surface area (TPSA) is 61.4 Å². The molecule has 3 amide bonds. The van der Waals surface area contributed by atoms with E-state index in [2.05, 4.69) is 10.6 Å². The van der Waals surface area contributed by atoms with Crippen molar-refractivity contribution in [2.24, 2.45) is 0 Å². The summed E-state index contributed by atoms with van der Waals surface area (Å²) in [5.74, 6) is -0.136. The fraction of sp³-hybridized carbons (Fsp3) is 0.231. The van der Waals surface area contributed by atoms with E-state index >= 15 is 0 Å². The van der Waals surface area contributed by atoms with Crippen LogP contribution in [0.2, 0.25) is 5.02 Å². The molecule has 5 nitrogen and oxygen atoms in total. The highest BCUT2D eigenvalue weighted by molar-refractivity contribution is 6.31. The van der Waals surface area contributed by atoms with Crippen LogP contribution in [0.25, 0.3) is 0 Å². The van der Waals surface area contributed by atoms with Crippen molar-refractivity contribution in [3.8, 4) is 0 Å². The van der Waals surface area contributed by atoms with Crippen LogP contribution in [0.4, 0.5) is 4.79 Å². The molecule has 1 aliphatic heterocycles. The number of carbonyl (C=O) groups excluding carboxylic acids is 2. The minimum Gasteiger partial charge on any atom is -0.348 e. The molecule has 0 fully saturated rings. The number of carbonyl (C=O) groups is 2. The first-order valence-corrected chi connectivity index (χ1v) is 11.1. The molecule has 0 radical (unpaired) electrons. The quantitative estimate of drug-likeness (QED) is 0.587. The van der Waals surface area contributed by atoms with Gasteiger partial charge in [0.25, 0.3) is 5.91 Å². The van der Waals surface area contributed by atoms with E-state index in [1.165, 1.54) is 5.56 Å². The van der Waals surface area contributed by atoms with Crippen molar-refractivity contribution in [3.05, 3.63) is 105 Å². The Bertz CT molecular complexity index is 1130. The first-order chi connectivity index (χ1) is 15.5. The van der Waals surface area contributed by atoms with E-state index in [4.69, 9.17) is 11.6 Å². The van der Waals surface area contributed by atoms with Crippen LogP contribution >= 0.6 is 11.6 Å². The lowest BCUT2D eigenvalue weighted by molar-refractivity contribution is 0.0951. The maximum absolute atomic E-state index is 12.7. The fourth-order valence-electron chi connectivity index (χ4n) is 3.84.